The average molecular weight is 433 g/mol. The molecule has 0 aliphatic rings. The van der Waals surface area contributed by atoms with Gasteiger partial charge < -0.3 is 4.57 Å². The highest BCUT2D eigenvalue weighted by Crippen LogP contribution is 2.22. The van der Waals surface area contributed by atoms with Crippen LogP contribution in [0.15, 0.2) is 69.8 Å². The summed E-state index contributed by atoms with van der Waals surface area (Å²) in [4.78, 5) is 19.0. The van der Waals surface area contributed by atoms with E-state index in [9.17, 15) is 4.79 Å². The first-order chi connectivity index (χ1) is 15.0. The summed E-state index contributed by atoms with van der Waals surface area (Å²) in [6.45, 7) is 7.11. The van der Waals surface area contributed by atoms with E-state index in [1.54, 1.807) is 16.0 Å². The molecule has 0 saturated heterocycles. The van der Waals surface area contributed by atoms with Gasteiger partial charge in [0, 0.05) is 19.0 Å². The summed E-state index contributed by atoms with van der Waals surface area (Å²) < 4.78 is 5.80. The second kappa shape index (κ2) is 8.94. The molecule has 5 nitrogen and oxygen atoms in total. The van der Waals surface area contributed by atoms with Gasteiger partial charge in [0.2, 0.25) is 0 Å². The van der Waals surface area contributed by atoms with Crippen molar-refractivity contribution in [3.63, 3.8) is 0 Å². The molecule has 160 valence electrons. The fourth-order valence-electron chi connectivity index (χ4n) is 3.68. The van der Waals surface area contributed by atoms with Crippen LogP contribution in [0.4, 0.5) is 5.69 Å². The zero-order valence-electron chi connectivity index (χ0n) is 18.5. The van der Waals surface area contributed by atoms with E-state index in [-0.39, 0.29) is 5.56 Å². The number of rotatable bonds is 6. The Labute approximate surface area is 186 Å². The van der Waals surface area contributed by atoms with E-state index in [1.165, 1.54) is 11.1 Å². The highest BCUT2D eigenvalue weighted by atomic mass is 32.1. The fraction of sp³-hybridized carbons (Fsp3) is 0.280. The van der Waals surface area contributed by atoms with Gasteiger partial charge in [0.05, 0.1) is 17.1 Å². The van der Waals surface area contributed by atoms with Crippen molar-refractivity contribution in [1.82, 2.24) is 13.9 Å². The molecule has 0 spiro atoms. The van der Waals surface area contributed by atoms with Gasteiger partial charge in [-0.3, -0.25) is 9.48 Å². The summed E-state index contributed by atoms with van der Waals surface area (Å²) in [5.41, 5.74) is 5.64. The van der Waals surface area contributed by atoms with Crippen LogP contribution in [0.5, 0.6) is 0 Å². The third-order valence-corrected chi connectivity index (χ3v) is 6.48. The fourth-order valence-corrected chi connectivity index (χ4v) is 4.63. The molecule has 2 aromatic carbocycles. The van der Waals surface area contributed by atoms with Gasteiger partial charge in [-0.2, -0.15) is 0 Å². The molecule has 0 aliphatic carbocycles. The average Bonchev–Trinajstić information content (AvgIpc) is 3.27. The van der Waals surface area contributed by atoms with Gasteiger partial charge in [0.1, 0.15) is 0 Å². The van der Waals surface area contributed by atoms with Crippen LogP contribution >= 0.6 is 11.3 Å². The number of thiazole rings is 1. The van der Waals surface area contributed by atoms with Crippen molar-refractivity contribution in [2.24, 2.45) is 12.0 Å². The van der Waals surface area contributed by atoms with Gasteiger partial charge in [0.15, 0.2) is 10.5 Å². The normalized spacial score (nSPS) is 11.9. The number of hydrogen-bond donors (Lipinski definition) is 0. The number of nitrogens with zero attached hydrogens (tertiary/aromatic N) is 4. The Morgan fingerprint density at radius 2 is 1.71 bits per heavy atom. The first-order valence-electron chi connectivity index (χ1n) is 10.7. The smallest absolute Gasteiger partial charge is 0.297 e. The predicted octanol–water partition coefficient (Wildman–Crippen LogP) is 5.36. The van der Waals surface area contributed by atoms with E-state index in [4.69, 9.17) is 4.99 Å². The lowest BCUT2D eigenvalue weighted by Crippen LogP contribution is -2.20. The van der Waals surface area contributed by atoms with Gasteiger partial charge in [-0.1, -0.05) is 61.4 Å². The molecule has 2 heterocycles. The summed E-state index contributed by atoms with van der Waals surface area (Å²) in [6.07, 6.45) is 2.16. The number of para-hydroxylation sites is 1. The number of hydrogen-bond acceptors (Lipinski definition) is 3. The lowest BCUT2D eigenvalue weighted by Gasteiger charge is -2.09. The van der Waals surface area contributed by atoms with Gasteiger partial charge in [0.25, 0.3) is 5.56 Å². The van der Waals surface area contributed by atoms with Crippen molar-refractivity contribution in [2.45, 2.75) is 40.2 Å². The number of aryl methyl sites for hydroxylation is 1. The maximum absolute atomic E-state index is 13.3. The SMILES string of the molecule is CCCCn1c(-c2ccc(C)cc2)csc1=Nc1c(C)n(C)n(-c2ccccc2)c1=O. The van der Waals surface area contributed by atoms with Crippen LogP contribution < -0.4 is 10.4 Å². The van der Waals surface area contributed by atoms with Gasteiger partial charge >= 0.3 is 0 Å². The Morgan fingerprint density at radius 1 is 1.00 bits per heavy atom. The molecule has 2 aromatic heterocycles. The van der Waals surface area contributed by atoms with Crippen LogP contribution in [0.3, 0.4) is 0 Å². The van der Waals surface area contributed by atoms with Crippen molar-refractivity contribution in [3.8, 4) is 16.9 Å². The summed E-state index contributed by atoms with van der Waals surface area (Å²) in [5, 5.41) is 2.15. The van der Waals surface area contributed by atoms with Crippen LogP contribution in [-0.2, 0) is 13.6 Å². The first kappa shape index (κ1) is 21.1. The minimum atomic E-state index is -0.0986. The van der Waals surface area contributed by atoms with Crippen molar-refractivity contribution in [1.29, 1.82) is 0 Å². The molecule has 31 heavy (non-hydrogen) atoms. The third-order valence-electron chi connectivity index (χ3n) is 5.61. The van der Waals surface area contributed by atoms with Crippen LogP contribution in [0.2, 0.25) is 0 Å². The van der Waals surface area contributed by atoms with Gasteiger partial charge in [-0.05, 0) is 38.0 Å². The molecule has 0 aliphatic heterocycles. The van der Waals surface area contributed by atoms with Crippen molar-refractivity contribution in [2.75, 3.05) is 0 Å². The summed E-state index contributed by atoms with van der Waals surface area (Å²) >= 11 is 1.59. The van der Waals surface area contributed by atoms with E-state index in [1.807, 2.05) is 49.0 Å². The Bertz CT molecular complexity index is 1300. The number of benzene rings is 2. The monoisotopic (exact) mass is 432 g/mol. The molecule has 0 unspecified atom stereocenters. The molecule has 0 saturated carbocycles. The van der Waals surface area contributed by atoms with Gasteiger partial charge in [-0.15, -0.1) is 11.3 Å². The maximum atomic E-state index is 13.3. The molecule has 0 bridgehead atoms. The number of aromatic nitrogens is 3. The van der Waals surface area contributed by atoms with Crippen molar-refractivity contribution in [3.05, 3.63) is 86.4 Å². The Balaban J connectivity index is 1.88. The van der Waals surface area contributed by atoms with E-state index in [2.05, 4.69) is 48.1 Å². The molecule has 0 radical (unpaired) electrons. The summed E-state index contributed by atoms with van der Waals surface area (Å²) in [6, 6.07) is 18.3. The molecule has 0 atom stereocenters. The quantitative estimate of drug-likeness (QED) is 0.405. The topological polar surface area (TPSA) is 44.2 Å². The standard InChI is InChI=1S/C25H28N4OS/c1-5-6-16-28-22(20-14-12-18(2)13-15-20)17-31-25(28)26-23-19(3)27(4)29(24(23)30)21-10-8-7-9-11-21/h7-15,17H,5-6,16H2,1-4H3. The maximum Gasteiger partial charge on any atom is 0.297 e. The highest BCUT2D eigenvalue weighted by molar-refractivity contribution is 7.07. The molecular formula is C25H28N4OS. The van der Waals surface area contributed by atoms with Crippen LogP contribution in [0, 0.1) is 13.8 Å². The van der Waals surface area contributed by atoms with E-state index in [0.717, 1.165) is 41.3 Å². The minimum absolute atomic E-state index is 0.0986. The summed E-state index contributed by atoms with van der Waals surface area (Å²) in [5.74, 6) is 0. The molecule has 0 N–H and O–H groups in total. The predicted molar refractivity (Wildman–Crippen MR) is 128 cm³/mol. The number of unbranched alkanes of at least 4 members (excludes halogenated alkanes) is 1. The molecule has 6 heteroatoms. The first-order valence-corrected chi connectivity index (χ1v) is 11.5. The van der Waals surface area contributed by atoms with Gasteiger partial charge in [-0.25, -0.2) is 9.67 Å². The molecular weight excluding hydrogens is 404 g/mol. The molecule has 4 aromatic rings. The second-order valence-electron chi connectivity index (χ2n) is 7.80. The van der Waals surface area contributed by atoms with Crippen LogP contribution in [0.1, 0.15) is 31.0 Å². The Morgan fingerprint density at radius 3 is 2.39 bits per heavy atom. The molecule has 4 rings (SSSR count). The Hall–Kier alpha value is -3.12. The zero-order chi connectivity index (χ0) is 22.0. The lowest BCUT2D eigenvalue weighted by molar-refractivity contribution is 0.623. The van der Waals surface area contributed by atoms with Crippen LogP contribution in [0.25, 0.3) is 16.9 Å². The van der Waals surface area contributed by atoms with E-state index < -0.39 is 0 Å². The van der Waals surface area contributed by atoms with E-state index in [0.29, 0.717) is 5.69 Å². The second-order valence-corrected chi connectivity index (χ2v) is 8.63. The Kier molecular flexibility index (Phi) is 6.09. The summed E-state index contributed by atoms with van der Waals surface area (Å²) in [7, 11) is 1.90. The lowest BCUT2D eigenvalue weighted by atomic mass is 10.1. The van der Waals surface area contributed by atoms with Crippen molar-refractivity contribution < 1.29 is 0 Å². The largest absolute Gasteiger partial charge is 0.316 e. The minimum Gasteiger partial charge on any atom is -0.316 e. The molecule has 0 fully saturated rings. The highest BCUT2D eigenvalue weighted by Gasteiger charge is 2.16. The zero-order valence-corrected chi connectivity index (χ0v) is 19.3. The molecule has 0 amide bonds. The third kappa shape index (κ3) is 4.08. The van der Waals surface area contributed by atoms with Crippen LogP contribution in [-0.4, -0.2) is 13.9 Å². The van der Waals surface area contributed by atoms with Crippen molar-refractivity contribution >= 4 is 17.0 Å². The van der Waals surface area contributed by atoms with E-state index >= 15 is 0 Å².